The quantitative estimate of drug-likeness (QED) is 0.317. The number of aryl methyl sites for hydroxylation is 2. The van der Waals surface area contributed by atoms with Gasteiger partial charge in [0.1, 0.15) is 0 Å². The lowest BCUT2D eigenvalue weighted by Gasteiger charge is -2.19. The van der Waals surface area contributed by atoms with Crippen LogP contribution >= 0.6 is 0 Å². The van der Waals surface area contributed by atoms with Crippen LogP contribution in [-0.4, -0.2) is 24.1 Å². The Bertz CT molecular complexity index is 1480. The maximum atomic E-state index is 12.7. The summed E-state index contributed by atoms with van der Waals surface area (Å²) in [5, 5.41) is 4.74. The molecule has 1 N–H and O–H groups in total. The van der Waals surface area contributed by atoms with Crippen LogP contribution in [0, 0.1) is 0 Å². The highest BCUT2D eigenvalue weighted by Gasteiger charge is 2.19. The Morgan fingerprint density at radius 1 is 0.892 bits per heavy atom. The van der Waals surface area contributed by atoms with E-state index in [2.05, 4.69) is 37.6 Å². The number of hydrogen-bond acceptors (Lipinski definition) is 4. The topological polar surface area (TPSA) is 81.1 Å². The summed E-state index contributed by atoms with van der Waals surface area (Å²) in [6, 6.07) is 26.4. The van der Waals surface area contributed by atoms with Gasteiger partial charge >= 0.3 is 0 Å². The normalized spacial score (nSPS) is 12.1. The molecular weight excluding hydrogens is 482 g/mol. The van der Waals surface area contributed by atoms with E-state index in [4.69, 9.17) is 5.10 Å². The molecule has 7 heteroatoms. The lowest BCUT2D eigenvalue weighted by Crippen LogP contribution is -2.29. The summed E-state index contributed by atoms with van der Waals surface area (Å²) in [6.07, 6.45) is 6.15. The average molecular weight is 514 g/mol. The van der Waals surface area contributed by atoms with E-state index in [0.717, 1.165) is 28.9 Å². The standard InChI is InChI=1S/C30H31N3O3S/c1-30(2,3)25-16-18-27(19-17-25)37(35,36)32-29(34)21-15-24-22-33(26-12-8-5-9-13-26)31-28(24)20-14-23-10-6-4-7-11-23/h4-13,15-19,21-22H,14,20H2,1-3H3,(H,32,34)/b21-15+. The highest BCUT2D eigenvalue weighted by atomic mass is 32.2. The van der Waals surface area contributed by atoms with Crippen LogP contribution in [0.25, 0.3) is 11.8 Å². The fraction of sp³-hybridized carbons (Fsp3) is 0.200. The minimum absolute atomic E-state index is 0.0442. The predicted molar refractivity (Wildman–Crippen MR) is 147 cm³/mol. The van der Waals surface area contributed by atoms with Gasteiger partial charge in [-0.05, 0) is 59.7 Å². The zero-order valence-corrected chi connectivity index (χ0v) is 22.1. The molecule has 0 spiro atoms. The summed E-state index contributed by atoms with van der Waals surface area (Å²) in [4.78, 5) is 12.6. The Kier molecular flexibility index (Phi) is 7.74. The van der Waals surface area contributed by atoms with Crippen LogP contribution in [0.2, 0.25) is 0 Å². The first-order valence-corrected chi connectivity index (χ1v) is 13.6. The van der Waals surface area contributed by atoms with Crippen molar-refractivity contribution in [2.75, 3.05) is 0 Å². The second-order valence-corrected chi connectivity index (χ2v) is 11.6. The molecule has 0 aliphatic carbocycles. The summed E-state index contributed by atoms with van der Waals surface area (Å²) in [6.45, 7) is 6.16. The van der Waals surface area contributed by atoms with Crippen LogP contribution in [0.3, 0.4) is 0 Å². The first-order valence-electron chi connectivity index (χ1n) is 12.2. The molecular formula is C30H31N3O3S. The van der Waals surface area contributed by atoms with E-state index in [1.54, 1.807) is 22.9 Å². The summed E-state index contributed by atoms with van der Waals surface area (Å²) in [5.74, 6) is -0.721. The number of benzene rings is 3. The van der Waals surface area contributed by atoms with Gasteiger partial charge in [-0.1, -0.05) is 81.4 Å². The summed E-state index contributed by atoms with van der Waals surface area (Å²) < 4.78 is 29.4. The summed E-state index contributed by atoms with van der Waals surface area (Å²) in [7, 11) is -3.99. The molecule has 0 atom stereocenters. The monoisotopic (exact) mass is 513 g/mol. The Morgan fingerprint density at radius 2 is 1.51 bits per heavy atom. The Morgan fingerprint density at radius 3 is 2.14 bits per heavy atom. The van der Waals surface area contributed by atoms with Gasteiger partial charge in [-0.2, -0.15) is 5.10 Å². The van der Waals surface area contributed by atoms with E-state index in [1.807, 2.05) is 54.7 Å². The van der Waals surface area contributed by atoms with Crippen LogP contribution in [0.5, 0.6) is 0 Å². The minimum Gasteiger partial charge on any atom is -0.269 e. The van der Waals surface area contributed by atoms with Crippen molar-refractivity contribution >= 4 is 22.0 Å². The third-order valence-electron chi connectivity index (χ3n) is 6.02. The van der Waals surface area contributed by atoms with Gasteiger partial charge in [-0.25, -0.2) is 17.8 Å². The lowest BCUT2D eigenvalue weighted by atomic mass is 9.87. The van der Waals surface area contributed by atoms with Gasteiger partial charge in [0.15, 0.2) is 0 Å². The number of carbonyl (C=O) groups is 1. The Hall–Kier alpha value is -3.97. The zero-order valence-electron chi connectivity index (χ0n) is 21.3. The molecule has 6 nitrogen and oxygen atoms in total. The van der Waals surface area contributed by atoms with Gasteiger partial charge in [0.05, 0.1) is 16.3 Å². The molecule has 0 aliphatic heterocycles. The maximum absolute atomic E-state index is 12.7. The van der Waals surface area contributed by atoms with E-state index in [0.29, 0.717) is 6.42 Å². The lowest BCUT2D eigenvalue weighted by molar-refractivity contribution is -0.114. The number of nitrogens with zero attached hydrogens (tertiary/aromatic N) is 2. The number of aromatic nitrogens is 2. The van der Waals surface area contributed by atoms with Gasteiger partial charge in [0.25, 0.3) is 15.9 Å². The van der Waals surface area contributed by atoms with Crippen molar-refractivity contribution in [3.63, 3.8) is 0 Å². The fourth-order valence-corrected chi connectivity index (χ4v) is 4.85. The fourth-order valence-electron chi connectivity index (χ4n) is 3.90. The molecule has 1 aromatic heterocycles. The number of rotatable bonds is 8. The number of para-hydroxylation sites is 1. The molecule has 0 saturated heterocycles. The Labute approximate surface area is 218 Å². The molecule has 0 saturated carbocycles. The smallest absolute Gasteiger partial charge is 0.264 e. The molecule has 4 rings (SSSR count). The zero-order chi connectivity index (χ0) is 26.5. The van der Waals surface area contributed by atoms with Crippen LogP contribution in [0.1, 0.15) is 43.2 Å². The maximum Gasteiger partial charge on any atom is 0.264 e. The largest absolute Gasteiger partial charge is 0.269 e. The van der Waals surface area contributed by atoms with Crippen LogP contribution in [-0.2, 0) is 33.1 Å². The van der Waals surface area contributed by atoms with E-state index in [9.17, 15) is 13.2 Å². The summed E-state index contributed by atoms with van der Waals surface area (Å²) in [5.41, 5.74) is 4.56. The van der Waals surface area contributed by atoms with E-state index >= 15 is 0 Å². The van der Waals surface area contributed by atoms with Crippen molar-refractivity contribution in [2.45, 2.75) is 43.9 Å². The van der Waals surface area contributed by atoms with Crippen LogP contribution < -0.4 is 4.72 Å². The number of hydrogen-bond donors (Lipinski definition) is 1. The van der Waals surface area contributed by atoms with Gasteiger partial charge < -0.3 is 0 Å². The van der Waals surface area contributed by atoms with Crippen molar-refractivity contribution < 1.29 is 13.2 Å². The molecule has 37 heavy (non-hydrogen) atoms. The van der Waals surface area contributed by atoms with Crippen molar-refractivity contribution in [1.29, 1.82) is 0 Å². The third kappa shape index (κ3) is 6.83. The van der Waals surface area contributed by atoms with E-state index in [-0.39, 0.29) is 10.3 Å². The second kappa shape index (κ2) is 11.0. The molecule has 4 aromatic rings. The van der Waals surface area contributed by atoms with Crippen molar-refractivity contribution in [3.05, 3.63) is 120 Å². The number of amides is 1. The van der Waals surface area contributed by atoms with Crippen LogP contribution in [0.4, 0.5) is 0 Å². The predicted octanol–water partition coefficient (Wildman–Crippen LogP) is 5.47. The molecule has 3 aromatic carbocycles. The van der Waals surface area contributed by atoms with Gasteiger partial charge in [0.2, 0.25) is 0 Å². The van der Waals surface area contributed by atoms with E-state index in [1.165, 1.54) is 23.8 Å². The highest BCUT2D eigenvalue weighted by Crippen LogP contribution is 2.23. The number of sulfonamides is 1. The SMILES string of the molecule is CC(C)(C)c1ccc(S(=O)(=O)NC(=O)/C=C/c2cn(-c3ccccc3)nc2CCc2ccccc2)cc1. The molecule has 0 aliphatic rings. The van der Waals surface area contributed by atoms with Crippen LogP contribution in [0.15, 0.2) is 102 Å². The molecule has 0 bridgehead atoms. The van der Waals surface area contributed by atoms with Crippen molar-refractivity contribution in [2.24, 2.45) is 0 Å². The first kappa shape index (κ1) is 26.1. The summed E-state index contributed by atoms with van der Waals surface area (Å²) >= 11 is 0. The van der Waals surface area contributed by atoms with Crippen molar-refractivity contribution in [1.82, 2.24) is 14.5 Å². The third-order valence-corrected chi connectivity index (χ3v) is 7.38. The molecule has 190 valence electrons. The van der Waals surface area contributed by atoms with Gasteiger partial charge in [0, 0.05) is 17.8 Å². The highest BCUT2D eigenvalue weighted by molar-refractivity contribution is 7.90. The first-order chi connectivity index (χ1) is 17.6. The van der Waals surface area contributed by atoms with Crippen molar-refractivity contribution in [3.8, 4) is 5.69 Å². The Balaban J connectivity index is 1.52. The van der Waals surface area contributed by atoms with E-state index < -0.39 is 15.9 Å². The second-order valence-electron chi connectivity index (χ2n) is 9.87. The molecule has 0 radical (unpaired) electrons. The number of carbonyl (C=O) groups excluding carboxylic acids is 1. The molecule has 0 fully saturated rings. The minimum atomic E-state index is -3.99. The molecule has 0 unspecified atom stereocenters. The number of nitrogens with one attached hydrogen (secondary N) is 1. The van der Waals surface area contributed by atoms with Gasteiger partial charge in [-0.15, -0.1) is 0 Å². The average Bonchev–Trinajstić information content (AvgIpc) is 3.30. The molecule has 1 amide bonds. The molecule has 1 heterocycles. The van der Waals surface area contributed by atoms with Gasteiger partial charge in [-0.3, -0.25) is 4.79 Å².